The number of aromatic nitrogens is 4. The van der Waals surface area contributed by atoms with Crippen molar-refractivity contribution in [2.24, 2.45) is 14.1 Å². The molecule has 4 aromatic carbocycles. The van der Waals surface area contributed by atoms with Crippen LogP contribution in [0.5, 0.6) is 0 Å². The van der Waals surface area contributed by atoms with Crippen LogP contribution in [-0.2, 0) is 18.9 Å². The summed E-state index contributed by atoms with van der Waals surface area (Å²) in [5.41, 5.74) is 5.79. The summed E-state index contributed by atoms with van der Waals surface area (Å²) in [5.74, 6) is -2.40. The largest absolute Gasteiger partial charge is 0.335 e. The molecule has 2 fully saturated rings. The summed E-state index contributed by atoms with van der Waals surface area (Å²) in [6.07, 6.45) is 0. The molecule has 0 spiro atoms. The van der Waals surface area contributed by atoms with Crippen LogP contribution in [-0.4, -0.2) is 122 Å². The molecule has 0 N–H and O–H groups in total. The molecule has 2 aliphatic rings. The molecule has 0 aliphatic carbocycles. The molecule has 4 heterocycles. The van der Waals surface area contributed by atoms with Crippen molar-refractivity contribution in [2.45, 2.75) is 11.8 Å². The van der Waals surface area contributed by atoms with Crippen molar-refractivity contribution in [3.05, 3.63) is 155 Å². The van der Waals surface area contributed by atoms with Gasteiger partial charge in [-0.3, -0.25) is 33.5 Å². The summed E-state index contributed by atoms with van der Waals surface area (Å²) >= 11 is 0. The van der Waals surface area contributed by atoms with Crippen molar-refractivity contribution in [1.82, 2.24) is 39.2 Å². The van der Waals surface area contributed by atoms with Gasteiger partial charge in [-0.1, -0.05) is 84.9 Å². The van der Waals surface area contributed by atoms with Crippen molar-refractivity contribution < 1.29 is 23.2 Å². The maximum atomic E-state index is 15.0. The number of hydrogen-bond acceptors (Lipinski definition) is 7. The van der Waals surface area contributed by atoms with Gasteiger partial charge in [-0.25, -0.2) is 8.78 Å². The van der Waals surface area contributed by atoms with Crippen LogP contribution in [0.4, 0.5) is 8.78 Å². The lowest BCUT2D eigenvalue weighted by atomic mass is 9.82. The Labute approximate surface area is 348 Å². The molecule has 0 bridgehead atoms. The van der Waals surface area contributed by atoms with Gasteiger partial charge in [-0.15, -0.1) is 0 Å². The van der Waals surface area contributed by atoms with E-state index in [0.717, 1.165) is 22.5 Å². The number of hydrogen-bond donors (Lipinski definition) is 0. The third-order valence-corrected chi connectivity index (χ3v) is 11.8. The Morgan fingerprint density at radius 3 is 1.22 bits per heavy atom. The molecule has 2 aliphatic heterocycles. The van der Waals surface area contributed by atoms with Gasteiger partial charge in [0.2, 0.25) is 0 Å². The topological polar surface area (TPSA) is 99.8 Å². The standard InChI is InChI=1S/C47H48F2N8O3/c1-52-43(35-9-5-3-6-10-35)29-41(50-52)46(59)56-25-21-54(22-26-56)31-39(33-13-17-37(48)18-14-33)45(58)40(34-15-19-38(49)20-16-34)32-55-23-27-57(28-24-55)47(60)42-30-44(53(2)51-42)36-11-7-4-8-12-36/h3-20,29-30,39-40H,21-28,31-32H2,1-2H3. The van der Waals surface area contributed by atoms with E-state index in [9.17, 15) is 23.2 Å². The average molecular weight is 811 g/mol. The molecule has 13 heteroatoms. The van der Waals surface area contributed by atoms with E-state index >= 15 is 0 Å². The second-order valence-electron chi connectivity index (χ2n) is 15.6. The molecular weight excluding hydrogens is 763 g/mol. The summed E-state index contributed by atoms with van der Waals surface area (Å²) in [4.78, 5) is 50.2. The highest BCUT2D eigenvalue weighted by atomic mass is 19.1. The predicted octanol–water partition coefficient (Wildman–Crippen LogP) is 6.12. The van der Waals surface area contributed by atoms with Gasteiger partial charge >= 0.3 is 0 Å². The van der Waals surface area contributed by atoms with E-state index < -0.39 is 23.5 Å². The first-order valence-electron chi connectivity index (χ1n) is 20.4. The molecule has 2 unspecified atom stereocenters. The minimum absolute atomic E-state index is 0.0610. The molecule has 8 rings (SSSR count). The summed E-state index contributed by atoms with van der Waals surface area (Å²) < 4.78 is 31.9. The fourth-order valence-corrected chi connectivity index (χ4v) is 8.36. The van der Waals surface area contributed by atoms with Crippen LogP contribution in [0.15, 0.2) is 121 Å². The summed E-state index contributed by atoms with van der Waals surface area (Å²) in [6, 6.07) is 35.4. The lowest BCUT2D eigenvalue weighted by molar-refractivity contribution is -0.123. The normalized spacial score (nSPS) is 16.1. The molecule has 2 amide bonds. The molecule has 2 saturated heterocycles. The third kappa shape index (κ3) is 8.97. The molecule has 11 nitrogen and oxygen atoms in total. The number of nitrogens with zero attached hydrogens (tertiary/aromatic N) is 8. The van der Waals surface area contributed by atoms with Crippen molar-refractivity contribution >= 4 is 17.6 Å². The fourth-order valence-electron chi connectivity index (χ4n) is 8.36. The highest BCUT2D eigenvalue weighted by Crippen LogP contribution is 2.31. The fraction of sp³-hybridized carbons (Fsp3) is 0.298. The highest BCUT2D eigenvalue weighted by molar-refractivity contribution is 5.94. The zero-order valence-corrected chi connectivity index (χ0v) is 33.8. The highest BCUT2D eigenvalue weighted by Gasteiger charge is 2.35. The van der Waals surface area contributed by atoms with Crippen molar-refractivity contribution in [2.75, 3.05) is 65.4 Å². The number of ketones is 1. The van der Waals surface area contributed by atoms with E-state index in [-0.39, 0.29) is 17.6 Å². The van der Waals surface area contributed by atoms with Crippen molar-refractivity contribution in [1.29, 1.82) is 0 Å². The molecule has 60 heavy (non-hydrogen) atoms. The van der Waals surface area contributed by atoms with Crippen LogP contribution in [0.3, 0.4) is 0 Å². The molecule has 2 atom stereocenters. The number of carbonyl (C=O) groups excluding carboxylic acids is 3. The minimum atomic E-state index is -0.627. The van der Waals surface area contributed by atoms with E-state index in [1.165, 1.54) is 24.3 Å². The van der Waals surface area contributed by atoms with Gasteiger partial charge < -0.3 is 9.80 Å². The Morgan fingerprint density at radius 2 is 0.867 bits per heavy atom. The molecule has 6 aromatic rings. The van der Waals surface area contributed by atoms with Crippen LogP contribution in [0, 0.1) is 11.6 Å². The van der Waals surface area contributed by atoms with E-state index in [0.29, 0.717) is 88.0 Å². The maximum Gasteiger partial charge on any atom is 0.274 e. The Bertz CT molecular complexity index is 2250. The first-order chi connectivity index (χ1) is 29.1. The molecule has 0 saturated carbocycles. The number of halogens is 2. The van der Waals surface area contributed by atoms with E-state index in [4.69, 9.17) is 0 Å². The summed E-state index contributed by atoms with van der Waals surface area (Å²) in [6.45, 7) is 4.70. The number of amides is 2. The first kappa shape index (κ1) is 40.5. The number of Topliss-reactive ketones (excluding diaryl/α,β-unsaturated/α-hetero) is 1. The molecule has 2 aromatic heterocycles. The molecular formula is C47H48F2N8O3. The van der Waals surface area contributed by atoms with Gasteiger partial charge in [0.1, 0.15) is 17.4 Å². The number of rotatable bonds is 12. The number of benzene rings is 4. The quantitative estimate of drug-likeness (QED) is 0.147. The van der Waals surface area contributed by atoms with Crippen molar-refractivity contribution in [3.63, 3.8) is 0 Å². The monoisotopic (exact) mass is 810 g/mol. The SMILES string of the molecule is Cn1nc(C(=O)N2CCN(CC(C(=O)C(CN3CCN(C(=O)c4cc(-c5ccccc5)n(C)n4)CC3)c3ccc(F)cc3)c3ccc(F)cc3)CC2)cc1-c1ccccc1. The maximum absolute atomic E-state index is 15.0. The average Bonchev–Trinajstić information content (AvgIpc) is 3.88. The lowest BCUT2D eigenvalue weighted by Crippen LogP contribution is -2.51. The minimum Gasteiger partial charge on any atom is -0.335 e. The van der Waals surface area contributed by atoms with Crippen LogP contribution in [0.2, 0.25) is 0 Å². The Kier molecular flexibility index (Phi) is 12.1. The lowest BCUT2D eigenvalue weighted by Gasteiger charge is -2.38. The Balaban J connectivity index is 0.955. The third-order valence-electron chi connectivity index (χ3n) is 11.8. The van der Waals surface area contributed by atoms with Gasteiger partial charge in [0, 0.05) is 79.5 Å². The zero-order valence-electron chi connectivity index (χ0n) is 33.8. The second-order valence-corrected chi connectivity index (χ2v) is 15.6. The van der Waals surface area contributed by atoms with Gasteiger partial charge in [-0.05, 0) is 58.7 Å². The summed E-state index contributed by atoms with van der Waals surface area (Å²) in [7, 11) is 3.66. The van der Waals surface area contributed by atoms with Crippen LogP contribution < -0.4 is 0 Å². The van der Waals surface area contributed by atoms with Gasteiger partial charge in [0.15, 0.2) is 11.4 Å². The Hall–Kier alpha value is -6.31. The van der Waals surface area contributed by atoms with Crippen LogP contribution in [0.1, 0.15) is 43.9 Å². The zero-order chi connectivity index (χ0) is 41.8. The first-order valence-corrected chi connectivity index (χ1v) is 20.4. The van der Waals surface area contributed by atoms with Crippen LogP contribution in [0.25, 0.3) is 22.5 Å². The smallest absolute Gasteiger partial charge is 0.274 e. The number of carbonyl (C=O) groups is 3. The van der Waals surface area contributed by atoms with Crippen molar-refractivity contribution in [3.8, 4) is 22.5 Å². The summed E-state index contributed by atoms with van der Waals surface area (Å²) in [5, 5.41) is 9.06. The molecule has 308 valence electrons. The Morgan fingerprint density at radius 1 is 0.517 bits per heavy atom. The van der Waals surface area contributed by atoms with E-state index in [1.54, 1.807) is 43.4 Å². The van der Waals surface area contributed by atoms with Gasteiger partial charge in [-0.2, -0.15) is 10.2 Å². The van der Waals surface area contributed by atoms with Gasteiger partial charge in [0.25, 0.3) is 11.8 Å². The van der Waals surface area contributed by atoms with E-state index in [1.807, 2.05) is 86.9 Å². The number of aryl methyl sites for hydroxylation is 2. The number of piperazine rings is 2. The second kappa shape index (κ2) is 17.9. The van der Waals surface area contributed by atoms with E-state index in [2.05, 4.69) is 20.0 Å². The van der Waals surface area contributed by atoms with Gasteiger partial charge in [0.05, 0.1) is 23.2 Å². The molecule has 0 radical (unpaired) electrons. The van der Waals surface area contributed by atoms with Crippen LogP contribution >= 0.6 is 0 Å². The predicted molar refractivity (Wildman–Crippen MR) is 225 cm³/mol.